The molecule has 19 atom stereocenters. The van der Waals surface area contributed by atoms with E-state index in [1.807, 2.05) is 26.8 Å². The van der Waals surface area contributed by atoms with E-state index in [9.17, 15) is 60.0 Å². The summed E-state index contributed by atoms with van der Waals surface area (Å²) in [7, 11) is 0. The van der Waals surface area contributed by atoms with Gasteiger partial charge in [0, 0.05) is 5.92 Å². The lowest BCUT2D eigenvalue weighted by Gasteiger charge is -2.70. The summed E-state index contributed by atoms with van der Waals surface area (Å²) < 4.78 is 23.4. The predicted molar refractivity (Wildman–Crippen MR) is 199 cm³/mol. The molecule has 58 heavy (non-hydrogen) atoms. The average molecular weight is 823 g/mol. The average Bonchev–Trinajstić information content (AvgIpc) is 3.13. The van der Waals surface area contributed by atoms with E-state index in [-0.39, 0.29) is 34.4 Å². The molecule has 326 valence electrons. The number of aliphatic hydroxyl groups is 5. The Bertz CT molecular complexity index is 1730. The minimum Gasteiger partial charge on any atom is -0.481 e. The summed E-state index contributed by atoms with van der Waals surface area (Å²) in [6.45, 7) is 14.8. The topological polar surface area (TPSA) is 267 Å². The fraction of sp³-hybridized carbons (Fsp3) is 0.857. The number of carboxylic acids is 3. The summed E-state index contributed by atoms with van der Waals surface area (Å²) in [6.07, 6.45) is -12.2. The molecule has 4 saturated carbocycles. The predicted octanol–water partition coefficient (Wildman–Crippen LogP) is 2.25. The Labute approximate surface area is 337 Å². The summed E-state index contributed by atoms with van der Waals surface area (Å²) in [5.41, 5.74) is -1.81. The molecule has 5 aliphatic carbocycles. The lowest BCUT2D eigenvalue weighted by atomic mass is 9.33. The van der Waals surface area contributed by atoms with Crippen LogP contribution in [-0.2, 0) is 38.1 Å². The largest absolute Gasteiger partial charge is 0.481 e. The highest BCUT2D eigenvalue weighted by Gasteiger charge is 2.71. The number of rotatable bonds is 7. The Morgan fingerprint density at radius 1 is 0.690 bits per heavy atom. The molecule has 6 fully saturated rings. The fourth-order valence-electron chi connectivity index (χ4n) is 13.4. The number of carbonyl (C=O) groups is 4. The van der Waals surface area contributed by atoms with E-state index in [2.05, 4.69) is 27.7 Å². The number of ketones is 1. The van der Waals surface area contributed by atoms with Gasteiger partial charge in [0.2, 0.25) is 0 Å². The van der Waals surface area contributed by atoms with Crippen LogP contribution in [0.2, 0.25) is 0 Å². The minimum absolute atomic E-state index is 0.0217. The molecule has 0 aromatic heterocycles. The van der Waals surface area contributed by atoms with E-state index in [0.29, 0.717) is 25.7 Å². The monoisotopic (exact) mass is 822 g/mol. The van der Waals surface area contributed by atoms with Gasteiger partial charge in [0.15, 0.2) is 30.6 Å². The van der Waals surface area contributed by atoms with Gasteiger partial charge in [0.25, 0.3) is 0 Å². The third kappa shape index (κ3) is 6.25. The first-order chi connectivity index (χ1) is 26.8. The fourth-order valence-corrected chi connectivity index (χ4v) is 13.4. The molecule has 2 aliphatic heterocycles. The Morgan fingerprint density at radius 3 is 1.88 bits per heavy atom. The summed E-state index contributed by atoms with van der Waals surface area (Å²) in [4.78, 5) is 51.3. The highest BCUT2D eigenvalue weighted by atomic mass is 16.8. The van der Waals surface area contributed by atoms with Crippen molar-refractivity contribution in [3.05, 3.63) is 11.6 Å². The number of hydrogen-bond donors (Lipinski definition) is 8. The number of ether oxygens (including phenoxy) is 4. The molecule has 0 radical (unpaired) electrons. The zero-order valence-electron chi connectivity index (χ0n) is 34.4. The second kappa shape index (κ2) is 14.3. The summed E-state index contributed by atoms with van der Waals surface area (Å²) in [6, 6.07) is 0. The van der Waals surface area contributed by atoms with E-state index in [4.69, 9.17) is 18.9 Å². The molecule has 7 rings (SSSR count). The Hall–Kier alpha value is -2.54. The number of fused-ring (bicyclic) bond motifs is 7. The molecule has 16 nitrogen and oxygen atoms in total. The van der Waals surface area contributed by atoms with Crippen molar-refractivity contribution in [1.82, 2.24) is 0 Å². The van der Waals surface area contributed by atoms with Gasteiger partial charge < -0.3 is 59.8 Å². The van der Waals surface area contributed by atoms with Crippen LogP contribution < -0.4 is 0 Å². The number of carboxylic acid groups (broad SMARTS) is 3. The first-order valence-corrected chi connectivity index (χ1v) is 20.7. The van der Waals surface area contributed by atoms with Crippen molar-refractivity contribution in [1.29, 1.82) is 0 Å². The van der Waals surface area contributed by atoms with Crippen LogP contribution in [0, 0.1) is 50.2 Å². The maximum Gasteiger partial charge on any atom is 0.335 e. The molecule has 2 saturated heterocycles. The number of hydrogen-bond acceptors (Lipinski definition) is 13. The smallest absolute Gasteiger partial charge is 0.335 e. The standard InChI is InChI=1S/C42H62O16/c1-37(2)21-8-11-42(7)31(20(43)16-18-19-17-39(4,36(53)54)13-12-38(19,3)14-15-41(18,42)6)40(21,5)10-9-22(37)55-35-30(26(47)25(46)29(57-35)33(51)52)58-34-27(48)23(44)24(45)28(56-34)32(49)50/h16,19,21-31,34-35,44-48H,8-15,17H2,1-7H3,(H,49,50)(H,51,52)(H,53,54)/t19-,21-,22+,23-,24-,25-,26-,27+,28-,29-,30+,31+,34-,35+,38-,39+,40-,41-,42+/m0/s1. The minimum atomic E-state index is -2.05. The van der Waals surface area contributed by atoms with Gasteiger partial charge >= 0.3 is 17.9 Å². The SMILES string of the molecule is CC1(C)[C@H](O[C@@H]2O[C@H](C(=O)O)[C@@H](O)[C@H](O)[C@H]2O[C@@H]2O[C@H](C(=O)O)[C@@H](O)[C@H](O)[C@H]2O)CC[C@]2(C)[C@H]3C(=O)C=C4[C@@H]5C[C@](C)(C(=O)O)CC[C@@]5(C)CC[C@]4(C)[C@]3(C)CC[C@@H]12. The molecule has 0 amide bonds. The quantitative estimate of drug-likeness (QED) is 0.171. The van der Waals surface area contributed by atoms with E-state index < -0.39 is 107 Å². The lowest BCUT2D eigenvalue weighted by Crippen LogP contribution is -2.68. The van der Waals surface area contributed by atoms with Crippen LogP contribution >= 0.6 is 0 Å². The van der Waals surface area contributed by atoms with Gasteiger partial charge in [-0.3, -0.25) is 9.59 Å². The van der Waals surface area contributed by atoms with Crippen LogP contribution in [0.4, 0.5) is 0 Å². The van der Waals surface area contributed by atoms with Gasteiger partial charge in [-0.2, -0.15) is 0 Å². The van der Waals surface area contributed by atoms with Gasteiger partial charge in [-0.05, 0) is 110 Å². The Balaban J connectivity index is 1.17. The van der Waals surface area contributed by atoms with E-state index in [1.165, 1.54) is 0 Å². The van der Waals surface area contributed by atoms with Crippen LogP contribution in [0.3, 0.4) is 0 Å². The maximum absolute atomic E-state index is 14.8. The molecular formula is C42H62O16. The van der Waals surface area contributed by atoms with E-state index in [1.54, 1.807) is 0 Å². The molecule has 0 spiro atoms. The maximum atomic E-state index is 14.8. The van der Waals surface area contributed by atoms with Gasteiger partial charge in [-0.25, -0.2) is 9.59 Å². The number of aliphatic hydroxyl groups excluding tert-OH is 5. The molecule has 7 aliphatic rings. The second-order valence-corrected chi connectivity index (χ2v) is 20.6. The first kappa shape index (κ1) is 43.5. The van der Waals surface area contributed by atoms with Gasteiger partial charge in [0.05, 0.1) is 11.5 Å². The highest BCUT2D eigenvalue weighted by Crippen LogP contribution is 2.75. The molecule has 16 heteroatoms. The first-order valence-electron chi connectivity index (χ1n) is 20.7. The zero-order valence-corrected chi connectivity index (χ0v) is 34.4. The summed E-state index contributed by atoms with van der Waals surface area (Å²) >= 11 is 0. The van der Waals surface area contributed by atoms with Crippen molar-refractivity contribution in [2.45, 2.75) is 174 Å². The molecule has 0 aromatic rings. The third-order valence-corrected chi connectivity index (χ3v) is 17.2. The van der Waals surface area contributed by atoms with Gasteiger partial charge in [-0.1, -0.05) is 47.1 Å². The van der Waals surface area contributed by atoms with Crippen molar-refractivity contribution < 1.29 is 79.0 Å². The molecule has 0 bridgehead atoms. The second-order valence-electron chi connectivity index (χ2n) is 20.6. The van der Waals surface area contributed by atoms with Crippen molar-refractivity contribution in [2.75, 3.05) is 0 Å². The Kier molecular flexibility index (Phi) is 10.7. The number of carbonyl (C=O) groups excluding carboxylic acids is 1. The van der Waals surface area contributed by atoms with E-state index >= 15 is 0 Å². The van der Waals surface area contributed by atoms with Crippen molar-refractivity contribution in [3.63, 3.8) is 0 Å². The molecular weight excluding hydrogens is 760 g/mol. The van der Waals surface area contributed by atoms with Crippen molar-refractivity contribution >= 4 is 23.7 Å². The molecule has 0 aromatic carbocycles. The number of aliphatic carboxylic acids is 3. The molecule has 2 heterocycles. The van der Waals surface area contributed by atoms with Crippen molar-refractivity contribution in [2.24, 2.45) is 50.2 Å². The van der Waals surface area contributed by atoms with Crippen LogP contribution in [-0.4, -0.2) is 132 Å². The molecule has 8 N–H and O–H groups in total. The zero-order chi connectivity index (χ0) is 42.9. The summed E-state index contributed by atoms with van der Waals surface area (Å²) in [5, 5.41) is 83.0. The normalized spacial score (nSPS) is 52.6. The van der Waals surface area contributed by atoms with Crippen LogP contribution in [0.15, 0.2) is 11.6 Å². The summed E-state index contributed by atoms with van der Waals surface area (Å²) in [5.74, 6) is -4.47. The van der Waals surface area contributed by atoms with E-state index in [0.717, 1.165) is 37.7 Å². The number of allylic oxidation sites excluding steroid dienone is 2. The third-order valence-electron chi connectivity index (χ3n) is 17.2. The highest BCUT2D eigenvalue weighted by molar-refractivity contribution is 5.95. The molecule has 0 unspecified atom stereocenters. The van der Waals surface area contributed by atoms with Crippen LogP contribution in [0.1, 0.15) is 106 Å². The van der Waals surface area contributed by atoms with Crippen molar-refractivity contribution in [3.8, 4) is 0 Å². The van der Waals surface area contributed by atoms with Crippen LogP contribution in [0.5, 0.6) is 0 Å². The van der Waals surface area contributed by atoms with Crippen LogP contribution in [0.25, 0.3) is 0 Å². The van der Waals surface area contributed by atoms with Gasteiger partial charge in [0.1, 0.15) is 36.6 Å². The Morgan fingerprint density at radius 2 is 1.28 bits per heavy atom. The lowest BCUT2D eigenvalue weighted by molar-refractivity contribution is -0.371. The van der Waals surface area contributed by atoms with Gasteiger partial charge in [-0.15, -0.1) is 0 Å².